The van der Waals surface area contributed by atoms with E-state index in [0.29, 0.717) is 22.7 Å². The van der Waals surface area contributed by atoms with Gasteiger partial charge in [0.1, 0.15) is 11.6 Å². The van der Waals surface area contributed by atoms with Crippen LogP contribution in [0.5, 0.6) is 5.75 Å². The van der Waals surface area contributed by atoms with E-state index >= 15 is 0 Å². The molecule has 2 rings (SSSR count). The molecular formula is C11H14BrClFNO. The highest BCUT2D eigenvalue weighted by Crippen LogP contribution is 2.26. The lowest BCUT2D eigenvalue weighted by Gasteiger charge is -2.11. The molecule has 0 aromatic heterocycles. The van der Waals surface area contributed by atoms with Crippen molar-refractivity contribution in [1.29, 1.82) is 0 Å². The summed E-state index contributed by atoms with van der Waals surface area (Å²) in [6, 6.07) is 4.48. The number of hydrogen-bond acceptors (Lipinski definition) is 2. The van der Waals surface area contributed by atoms with Crippen molar-refractivity contribution < 1.29 is 9.13 Å². The summed E-state index contributed by atoms with van der Waals surface area (Å²) in [5, 5.41) is 3.28. The van der Waals surface area contributed by atoms with Crippen molar-refractivity contribution in [2.75, 3.05) is 19.7 Å². The molecule has 0 amide bonds. The Balaban J connectivity index is 0.00000128. The Morgan fingerprint density at radius 3 is 2.94 bits per heavy atom. The third kappa shape index (κ3) is 3.61. The lowest BCUT2D eigenvalue weighted by Crippen LogP contribution is -2.15. The zero-order valence-corrected chi connectivity index (χ0v) is 11.1. The molecule has 1 saturated heterocycles. The summed E-state index contributed by atoms with van der Waals surface area (Å²) in [6.45, 7) is 2.77. The van der Waals surface area contributed by atoms with Crippen LogP contribution in [0.2, 0.25) is 0 Å². The largest absolute Gasteiger partial charge is 0.492 e. The summed E-state index contributed by atoms with van der Waals surface area (Å²) in [5.74, 6) is 1.03. The molecule has 5 heteroatoms. The molecule has 1 aliphatic rings. The van der Waals surface area contributed by atoms with Crippen molar-refractivity contribution in [3.05, 3.63) is 28.5 Å². The fraction of sp³-hybridized carbons (Fsp3) is 0.455. The molecule has 1 atom stereocenters. The van der Waals surface area contributed by atoms with Crippen LogP contribution in [0.4, 0.5) is 4.39 Å². The number of nitrogens with one attached hydrogen (secondary N) is 1. The molecule has 1 heterocycles. The van der Waals surface area contributed by atoms with Gasteiger partial charge in [-0.3, -0.25) is 0 Å². The SMILES string of the molecule is Cl.Fc1ccc(OCC2CCNC2)c(Br)c1. The third-order valence-corrected chi connectivity index (χ3v) is 3.15. The normalized spacial score (nSPS) is 19.2. The first-order chi connectivity index (χ1) is 7.25. The highest BCUT2D eigenvalue weighted by atomic mass is 79.9. The van der Waals surface area contributed by atoms with Gasteiger partial charge in [-0.05, 0) is 47.1 Å². The molecule has 2 nitrogen and oxygen atoms in total. The van der Waals surface area contributed by atoms with Crippen molar-refractivity contribution in [3.8, 4) is 5.75 Å². The van der Waals surface area contributed by atoms with Crippen LogP contribution in [-0.2, 0) is 0 Å². The van der Waals surface area contributed by atoms with Crippen molar-refractivity contribution in [2.24, 2.45) is 5.92 Å². The second-order valence-corrected chi connectivity index (χ2v) is 4.60. The van der Waals surface area contributed by atoms with E-state index in [1.807, 2.05) is 0 Å². The first-order valence-corrected chi connectivity index (χ1v) is 5.83. The average Bonchev–Trinajstić information content (AvgIpc) is 2.69. The van der Waals surface area contributed by atoms with Gasteiger partial charge in [-0.1, -0.05) is 0 Å². The van der Waals surface area contributed by atoms with Gasteiger partial charge in [-0.2, -0.15) is 0 Å². The average molecular weight is 311 g/mol. The fourth-order valence-electron chi connectivity index (χ4n) is 1.66. The van der Waals surface area contributed by atoms with Gasteiger partial charge >= 0.3 is 0 Å². The van der Waals surface area contributed by atoms with E-state index in [1.54, 1.807) is 6.07 Å². The zero-order chi connectivity index (χ0) is 10.7. The minimum atomic E-state index is -0.253. The van der Waals surface area contributed by atoms with E-state index in [1.165, 1.54) is 12.1 Å². The molecule has 1 aromatic carbocycles. The molecule has 0 spiro atoms. The smallest absolute Gasteiger partial charge is 0.133 e. The zero-order valence-electron chi connectivity index (χ0n) is 8.71. The summed E-state index contributed by atoms with van der Waals surface area (Å²) in [4.78, 5) is 0. The molecular weight excluding hydrogens is 296 g/mol. The lowest BCUT2D eigenvalue weighted by molar-refractivity contribution is 0.258. The van der Waals surface area contributed by atoms with Crippen molar-refractivity contribution in [2.45, 2.75) is 6.42 Å². The lowest BCUT2D eigenvalue weighted by atomic mass is 10.1. The van der Waals surface area contributed by atoms with Gasteiger partial charge < -0.3 is 10.1 Å². The Kier molecular flexibility index (Phi) is 5.52. The van der Waals surface area contributed by atoms with Crippen molar-refractivity contribution in [3.63, 3.8) is 0 Å². The first-order valence-electron chi connectivity index (χ1n) is 5.04. The van der Waals surface area contributed by atoms with E-state index in [2.05, 4.69) is 21.2 Å². The third-order valence-electron chi connectivity index (χ3n) is 2.53. The summed E-state index contributed by atoms with van der Waals surface area (Å²) in [5.41, 5.74) is 0. The van der Waals surface area contributed by atoms with Gasteiger partial charge in [0.2, 0.25) is 0 Å². The van der Waals surface area contributed by atoms with Crippen molar-refractivity contribution >= 4 is 28.3 Å². The summed E-state index contributed by atoms with van der Waals surface area (Å²) < 4.78 is 19.1. The van der Waals surface area contributed by atoms with E-state index in [-0.39, 0.29) is 18.2 Å². The Labute approximate surface area is 109 Å². The van der Waals surface area contributed by atoms with Crippen LogP contribution < -0.4 is 10.1 Å². The number of hydrogen-bond donors (Lipinski definition) is 1. The quantitative estimate of drug-likeness (QED) is 0.927. The fourth-order valence-corrected chi connectivity index (χ4v) is 2.12. The molecule has 1 fully saturated rings. The van der Waals surface area contributed by atoms with Crippen LogP contribution in [-0.4, -0.2) is 19.7 Å². The summed E-state index contributed by atoms with van der Waals surface area (Å²) in [7, 11) is 0. The minimum Gasteiger partial charge on any atom is -0.492 e. The molecule has 0 aliphatic carbocycles. The summed E-state index contributed by atoms with van der Waals surface area (Å²) in [6.07, 6.45) is 1.15. The second-order valence-electron chi connectivity index (χ2n) is 3.74. The number of ether oxygens (including phenoxy) is 1. The first kappa shape index (κ1) is 13.7. The Morgan fingerprint density at radius 1 is 1.50 bits per heavy atom. The number of halogens is 3. The van der Waals surface area contributed by atoms with Crippen LogP contribution in [0.3, 0.4) is 0 Å². The van der Waals surface area contributed by atoms with Gasteiger partial charge in [-0.25, -0.2) is 4.39 Å². The molecule has 0 radical (unpaired) electrons. The molecule has 1 N–H and O–H groups in total. The molecule has 16 heavy (non-hydrogen) atoms. The van der Waals surface area contributed by atoms with Crippen LogP contribution >= 0.6 is 28.3 Å². The maximum atomic E-state index is 12.8. The Hall–Kier alpha value is -0.320. The van der Waals surface area contributed by atoms with Crippen molar-refractivity contribution in [1.82, 2.24) is 5.32 Å². The topological polar surface area (TPSA) is 21.3 Å². The predicted molar refractivity (Wildman–Crippen MR) is 67.8 cm³/mol. The van der Waals surface area contributed by atoms with Crippen LogP contribution in [0.25, 0.3) is 0 Å². The highest BCUT2D eigenvalue weighted by Gasteiger charge is 2.15. The molecule has 1 aromatic rings. The minimum absolute atomic E-state index is 0. The molecule has 0 saturated carbocycles. The van der Waals surface area contributed by atoms with Gasteiger partial charge in [0.05, 0.1) is 11.1 Å². The van der Waals surface area contributed by atoms with Gasteiger partial charge in [-0.15, -0.1) is 12.4 Å². The van der Waals surface area contributed by atoms with E-state index in [4.69, 9.17) is 4.74 Å². The standard InChI is InChI=1S/C11H13BrFNO.ClH/c12-10-5-9(13)1-2-11(10)15-7-8-3-4-14-6-8;/h1-2,5,8,14H,3-4,6-7H2;1H. The maximum Gasteiger partial charge on any atom is 0.133 e. The van der Waals surface area contributed by atoms with Gasteiger partial charge in [0.15, 0.2) is 0 Å². The summed E-state index contributed by atoms with van der Waals surface area (Å²) >= 11 is 3.28. The van der Waals surface area contributed by atoms with Gasteiger partial charge in [0.25, 0.3) is 0 Å². The van der Waals surface area contributed by atoms with E-state index < -0.39 is 0 Å². The maximum absolute atomic E-state index is 12.8. The Bertz CT molecular complexity index is 345. The monoisotopic (exact) mass is 309 g/mol. The van der Waals surface area contributed by atoms with Crippen LogP contribution in [0.15, 0.2) is 22.7 Å². The molecule has 1 aliphatic heterocycles. The number of benzene rings is 1. The van der Waals surface area contributed by atoms with Crippen LogP contribution in [0.1, 0.15) is 6.42 Å². The highest BCUT2D eigenvalue weighted by molar-refractivity contribution is 9.10. The molecule has 90 valence electrons. The predicted octanol–water partition coefficient (Wildman–Crippen LogP) is 3.00. The second kappa shape index (κ2) is 6.42. The molecule has 1 unspecified atom stereocenters. The molecule has 0 bridgehead atoms. The number of rotatable bonds is 3. The van der Waals surface area contributed by atoms with E-state index in [9.17, 15) is 4.39 Å². The van der Waals surface area contributed by atoms with E-state index in [0.717, 1.165) is 19.5 Å². The van der Waals surface area contributed by atoms with Crippen LogP contribution in [0, 0.1) is 11.7 Å². The van der Waals surface area contributed by atoms with Gasteiger partial charge in [0, 0.05) is 12.5 Å². The Morgan fingerprint density at radius 2 is 2.31 bits per heavy atom.